The van der Waals surface area contributed by atoms with Crippen molar-refractivity contribution in [2.45, 2.75) is 24.8 Å². The van der Waals surface area contributed by atoms with Crippen molar-refractivity contribution in [3.8, 4) is 5.75 Å². The molecule has 2 aromatic carbocycles. The summed E-state index contributed by atoms with van der Waals surface area (Å²) in [6.45, 7) is 3.64. The van der Waals surface area contributed by atoms with Crippen molar-refractivity contribution in [3.63, 3.8) is 0 Å². The van der Waals surface area contributed by atoms with Crippen molar-refractivity contribution in [3.05, 3.63) is 35.9 Å². The Hall–Kier alpha value is -2.12. The van der Waals surface area contributed by atoms with Crippen LogP contribution in [0.4, 0.5) is 0 Å². The highest BCUT2D eigenvalue weighted by Crippen LogP contribution is 2.29. The van der Waals surface area contributed by atoms with Gasteiger partial charge in [0.25, 0.3) is 16.0 Å². The number of aromatic hydroxyl groups is 1. The number of carbonyl (C=O) groups is 1. The van der Waals surface area contributed by atoms with E-state index in [4.69, 9.17) is 4.55 Å². The molecule has 2 rings (SSSR count). The van der Waals surface area contributed by atoms with Crippen LogP contribution in [0.25, 0.3) is 10.8 Å². The summed E-state index contributed by atoms with van der Waals surface area (Å²) in [5, 5.41) is 13.3. The standard InChI is InChI=1S/C14H15NO5S/c1-8(2)15-14(17)9-3-4-12-10(5-9)6-11(7-13(12)16)21(18,19)20/h3-8,16H,1-2H3,(H,15,17)(H,18,19,20). The number of carbonyl (C=O) groups excluding carboxylic acids is 1. The second-order valence-corrected chi connectivity index (χ2v) is 6.40. The molecule has 21 heavy (non-hydrogen) atoms. The van der Waals surface area contributed by atoms with Crippen LogP contribution in [0.3, 0.4) is 0 Å². The number of phenolic OH excluding ortho intramolecular Hbond substituents is 1. The quantitative estimate of drug-likeness (QED) is 0.752. The SMILES string of the molecule is CC(C)NC(=O)c1ccc2c(O)cc(S(=O)(=O)O)cc2c1. The minimum absolute atomic E-state index is 0.0363. The molecule has 112 valence electrons. The van der Waals surface area contributed by atoms with Gasteiger partial charge in [0.1, 0.15) is 5.75 Å². The fourth-order valence-corrected chi connectivity index (χ4v) is 2.49. The molecule has 0 unspecified atom stereocenters. The van der Waals surface area contributed by atoms with Crippen LogP contribution in [0, 0.1) is 0 Å². The zero-order chi connectivity index (χ0) is 15.8. The third-order valence-corrected chi connectivity index (χ3v) is 3.72. The van der Waals surface area contributed by atoms with E-state index in [-0.39, 0.29) is 17.7 Å². The molecule has 0 bridgehead atoms. The van der Waals surface area contributed by atoms with Crippen molar-refractivity contribution in [2.24, 2.45) is 0 Å². The Kier molecular flexibility index (Phi) is 3.89. The van der Waals surface area contributed by atoms with Crippen molar-refractivity contribution in [1.82, 2.24) is 5.32 Å². The van der Waals surface area contributed by atoms with E-state index in [1.807, 2.05) is 13.8 Å². The van der Waals surface area contributed by atoms with E-state index in [0.29, 0.717) is 16.3 Å². The fourth-order valence-electron chi connectivity index (χ4n) is 1.96. The van der Waals surface area contributed by atoms with Gasteiger partial charge < -0.3 is 10.4 Å². The molecule has 0 atom stereocenters. The number of amides is 1. The molecule has 0 heterocycles. The van der Waals surface area contributed by atoms with Crippen LogP contribution in [0.1, 0.15) is 24.2 Å². The van der Waals surface area contributed by atoms with Gasteiger partial charge in [-0.05, 0) is 43.5 Å². The second-order valence-electron chi connectivity index (χ2n) is 4.98. The Balaban J connectivity index is 2.58. The number of phenols is 1. The summed E-state index contributed by atoms with van der Waals surface area (Å²) in [6.07, 6.45) is 0. The van der Waals surface area contributed by atoms with Crippen LogP contribution in [-0.2, 0) is 10.1 Å². The summed E-state index contributed by atoms with van der Waals surface area (Å²) < 4.78 is 31.4. The lowest BCUT2D eigenvalue weighted by Crippen LogP contribution is -2.29. The zero-order valence-electron chi connectivity index (χ0n) is 11.5. The number of nitrogens with one attached hydrogen (secondary N) is 1. The number of rotatable bonds is 3. The first-order valence-corrected chi connectivity index (χ1v) is 7.67. The monoisotopic (exact) mass is 309 g/mol. The molecule has 0 radical (unpaired) electrons. The number of hydrogen-bond acceptors (Lipinski definition) is 4. The molecule has 0 saturated carbocycles. The molecule has 0 aliphatic carbocycles. The van der Waals surface area contributed by atoms with E-state index < -0.39 is 15.0 Å². The summed E-state index contributed by atoms with van der Waals surface area (Å²) >= 11 is 0. The Morgan fingerprint density at radius 1 is 1.19 bits per heavy atom. The molecule has 0 aromatic heterocycles. The van der Waals surface area contributed by atoms with E-state index in [2.05, 4.69) is 5.32 Å². The molecule has 0 saturated heterocycles. The highest BCUT2D eigenvalue weighted by atomic mass is 32.2. The van der Waals surface area contributed by atoms with Crippen LogP contribution in [-0.4, -0.2) is 30.0 Å². The summed E-state index contributed by atoms with van der Waals surface area (Å²) in [5.41, 5.74) is 0.336. The summed E-state index contributed by atoms with van der Waals surface area (Å²) in [4.78, 5) is 11.5. The van der Waals surface area contributed by atoms with Gasteiger partial charge in [0.05, 0.1) is 4.90 Å². The largest absolute Gasteiger partial charge is 0.507 e. The van der Waals surface area contributed by atoms with Gasteiger partial charge in [-0.3, -0.25) is 9.35 Å². The molecule has 0 aliphatic heterocycles. The Labute approximate surface area is 122 Å². The molecule has 6 nitrogen and oxygen atoms in total. The predicted molar refractivity (Wildman–Crippen MR) is 78.0 cm³/mol. The molecule has 0 spiro atoms. The zero-order valence-corrected chi connectivity index (χ0v) is 12.3. The van der Waals surface area contributed by atoms with E-state index >= 15 is 0 Å². The molecule has 1 amide bonds. The fraction of sp³-hybridized carbons (Fsp3) is 0.214. The Morgan fingerprint density at radius 3 is 2.43 bits per heavy atom. The van der Waals surface area contributed by atoms with Gasteiger partial charge in [-0.15, -0.1) is 0 Å². The van der Waals surface area contributed by atoms with Crippen LogP contribution in [0.2, 0.25) is 0 Å². The van der Waals surface area contributed by atoms with Crippen molar-refractivity contribution >= 4 is 26.8 Å². The molecule has 0 fully saturated rings. The molecular formula is C14H15NO5S. The van der Waals surface area contributed by atoms with Crippen LogP contribution < -0.4 is 5.32 Å². The molecule has 0 aliphatic rings. The van der Waals surface area contributed by atoms with Gasteiger partial charge >= 0.3 is 0 Å². The maximum atomic E-state index is 11.9. The van der Waals surface area contributed by atoms with Gasteiger partial charge in [0, 0.05) is 23.1 Å². The average Bonchev–Trinajstić information content (AvgIpc) is 2.36. The summed E-state index contributed by atoms with van der Waals surface area (Å²) in [6, 6.07) is 6.65. The van der Waals surface area contributed by atoms with Gasteiger partial charge in [-0.25, -0.2) is 0 Å². The van der Waals surface area contributed by atoms with Crippen LogP contribution >= 0.6 is 0 Å². The van der Waals surface area contributed by atoms with Crippen molar-refractivity contribution in [2.75, 3.05) is 0 Å². The van der Waals surface area contributed by atoms with Gasteiger partial charge in [-0.2, -0.15) is 8.42 Å². The first-order chi connectivity index (χ1) is 9.68. The molecule has 2 aromatic rings. The van der Waals surface area contributed by atoms with Gasteiger partial charge in [0.2, 0.25) is 0 Å². The maximum absolute atomic E-state index is 11.9. The van der Waals surface area contributed by atoms with E-state index in [9.17, 15) is 18.3 Å². The maximum Gasteiger partial charge on any atom is 0.294 e. The van der Waals surface area contributed by atoms with E-state index in [0.717, 1.165) is 6.07 Å². The molecule has 7 heteroatoms. The van der Waals surface area contributed by atoms with Gasteiger partial charge in [0.15, 0.2) is 0 Å². The smallest absolute Gasteiger partial charge is 0.294 e. The van der Waals surface area contributed by atoms with E-state index in [1.54, 1.807) is 0 Å². The Morgan fingerprint density at radius 2 is 1.86 bits per heavy atom. The third-order valence-electron chi connectivity index (χ3n) is 2.88. The van der Waals surface area contributed by atoms with Crippen LogP contribution in [0.5, 0.6) is 5.75 Å². The normalized spacial score (nSPS) is 11.8. The minimum Gasteiger partial charge on any atom is -0.507 e. The first-order valence-electron chi connectivity index (χ1n) is 6.23. The average molecular weight is 309 g/mol. The lowest BCUT2D eigenvalue weighted by molar-refractivity contribution is 0.0943. The highest BCUT2D eigenvalue weighted by Gasteiger charge is 2.15. The molecular weight excluding hydrogens is 294 g/mol. The van der Waals surface area contributed by atoms with Crippen LogP contribution in [0.15, 0.2) is 35.2 Å². The molecule has 3 N–H and O–H groups in total. The highest BCUT2D eigenvalue weighted by molar-refractivity contribution is 7.85. The number of benzene rings is 2. The van der Waals surface area contributed by atoms with Crippen molar-refractivity contribution in [1.29, 1.82) is 0 Å². The lowest BCUT2D eigenvalue weighted by Gasteiger charge is -2.10. The first kappa shape index (κ1) is 15.3. The topological polar surface area (TPSA) is 104 Å². The number of hydrogen-bond donors (Lipinski definition) is 3. The summed E-state index contributed by atoms with van der Waals surface area (Å²) in [5.74, 6) is -0.584. The number of fused-ring (bicyclic) bond motifs is 1. The predicted octanol–water partition coefficient (Wildman–Crippen LogP) is 1.93. The second kappa shape index (κ2) is 5.34. The van der Waals surface area contributed by atoms with E-state index in [1.165, 1.54) is 24.3 Å². The summed E-state index contributed by atoms with van der Waals surface area (Å²) in [7, 11) is -4.43. The Bertz CT molecular complexity index is 811. The third kappa shape index (κ3) is 3.32. The minimum atomic E-state index is -4.43. The van der Waals surface area contributed by atoms with Crippen molar-refractivity contribution < 1.29 is 22.9 Å². The lowest BCUT2D eigenvalue weighted by atomic mass is 10.1. The van der Waals surface area contributed by atoms with Gasteiger partial charge in [-0.1, -0.05) is 0 Å².